The highest BCUT2D eigenvalue weighted by Crippen LogP contribution is 2.30. The first-order valence-electron chi connectivity index (χ1n) is 7.46. The Bertz CT molecular complexity index is 988. The minimum Gasteiger partial charge on any atom is -0.333 e. The summed E-state index contributed by atoms with van der Waals surface area (Å²) in [6.07, 6.45) is 4.87. The number of imidazole rings is 1. The van der Waals surface area contributed by atoms with Crippen molar-refractivity contribution >= 4 is 15.7 Å². The van der Waals surface area contributed by atoms with Gasteiger partial charge >= 0.3 is 0 Å². The minimum absolute atomic E-state index is 0.278. The lowest BCUT2D eigenvalue weighted by atomic mass is 10.2. The molecule has 1 aromatic carbocycles. The van der Waals surface area contributed by atoms with Gasteiger partial charge in [-0.15, -0.1) is 0 Å². The first kappa shape index (κ1) is 14.9. The Morgan fingerprint density at radius 3 is 2.88 bits per heavy atom. The maximum atomic E-state index is 12.0. The van der Waals surface area contributed by atoms with Crippen LogP contribution in [0, 0.1) is 0 Å². The summed E-state index contributed by atoms with van der Waals surface area (Å²) in [5.74, 6) is 1.28. The van der Waals surface area contributed by atoms with Crippen LogP contribution in [0.2, 0.25) is 0 Å². The maximum Gasteiger partial charge on any atom is 0.258 e. The van der Waals surface area contributed by atoms with Crippen molar-refractivity contribution in [1.82, 2.24) is 19.7 Å². The van der Waals surface area contributed by atoms with Crippen LogP contribution in [-0.2, 0) is 17.1 Å². The number of anilines is 1. The van der Waals surface area contributed by atoms with Crippen LogP contribution in [0.1, 0.15) is 12.8 Å². The van der Waals surface area contributed by atoms with E-state index in [0.717, 1.165) is 0 Å². The number of rotatable bonds is 5. The van der Waals surface area contributed by atoms with Gasteiger partial charge in [0, 0.05) is 30.7 Å². The zero-order chi connectivity index (χ0) is 16.7. The van der Waals surface area contributed by atoms with Crippen molar-refractivity contribution in [3.63, 3.8) is 0 Å². The Labute approximate surface area is 138 Å². The molecule has 4 rings (SSSR count). The lowest BCUT2D eigenvalue weighted by Gasteiger charge is -2.07. The van der Waals surface area contributed by atoms with Crippen molar-refractivity contribution in [3.8, 4) is 23.1 Å². The first-order chi connectivity index (χ1) is 11.5. The van der Waals surface area contributed by atoms with Gasteiger partial charge in [-0.3, -0.25) is 4.72 Å². The lowest BCUT2D eigenvalue weighted by Crippen LogP contribution is -2.17. The Hall–Kier alpha value is -2.68. The van der Waals surface area contributed by atoms with E-state index >= 15 is 0 Å². The lowest BCUT2D eigenvalue weighted by molar-refractivity contribution is 0.431. The fraction of sp³-hybridized carbons (Fsp3) is 0.267. The normalized spacial score (nSPS) is 14.7. The third kappa shape index (κ3) is 2.78. The number of nitrogens with one attached hydrogen (secondary N) is 1. The van der Waals surface area contributed by atoms with Gasteiger partial charge in [0.1, 0.15) is 0 Å². The molecule has 2 aromatic heterocycles. The van der Waals surface area contributed by atoms with Crippen LogP contribution in [0.25, 0.3) is 23.1 Å². The molecule has 1 aliphatic rings. The standard InChI is InChI=1S/C15H15N5O3S/c1-20-8-7-16-14(20)13-17-15(23-18-13)10-3-2-4-11(9-10)19-24(21,22)12-5-6-12/h2-4,7-9,12,19H,5-6H2,1H3. The first-order valence-corrected chi connectivity index (χ1v) is 9.01. The van der Waals surface area contributed by atoms with Crippen molar-refractivity contribution in [2.45, 2.75) is 18.1 Å². The van der Waals surface area contributed by atoms with E-state index in [4.69, 9.17) is 4.52 Å². The number of benzene rings is 1. The number of nitrogens with zero attached hydrogens (tertiary/aromatic N) is 4. The Morgan fingerprint density at radius 1 is 1.33 bits per heavy atom. The molecule has 24 heavy (non-hydrogen) atoms. The van der Waals surface area contributed by atoms with Crippen molar-refractivity contribution in [2.24, 2.45) is 7.05 Å². The van der Waals surface area contributed by atoms with Crippen LogP contribution in [0.4, 0.5) is 5.69 Å². The number of sulfonamides is 1. The maximum absolute atomic E-state index is 12.0. The van der Waals surface area contributed by atoms with Crippen LogP contribution in [-0.4, -0.2) is 33.4 Å². The highest BCUT2D eigenvalue weighted by molar-refractivity contribution is 7.93. The van der Waals surface area contributed by atoms with E-state index < -0.39 is 10.0 Å². The highest BCUT2D eigenvalue weighted by atomic mass is 32.2. The van der Waals surface area contributed by atoms with E-state index in [0.29, 0.717) is 41.6 Å². The fourth-order valence-electron chi connectivity index (χ4n) is 2.35. The van der Waals surface area contributed by atoms with E-state index in [1.54, 1.807) is 41.2 Å². The second kappa shape index (κ2) is 5.45. The quantitative estimate of drug-likeness (QED) is 0.759. The van der Waals surface area contributed by atoms with E-state index in [9.17, 15) is 8.42 Å². The third-order valence-electron chi connectivity index (χ3n) is 3.78. The third-order valence-corrected chi connectivity index (χ3v) is 5.65. The molecule has 2 heterocycles. The zero-order valence-corrected chi connectivity index (χ0v) is 13.7. The summed E-state index contributed by atoms with van der Waals surface area (Å²) in [6, 6.07) is 6.89. The number of aryl methyl sites for hydroxylation is 1. The van der Waals surface area contributed by atoms with Crippen LogP contribution in [0.15, 0.2) is 41.2 Å². The molecule has 0 spiro atoms. The second-order valence-electron chi connectivity index (χ2n) is 5.71. The second-order valence-corrected chi connectivity index (χ2v) is 7.67. The van der Waals surface area contributed by atoms with Gasteiger partial charge in [0.25, 0.3) is 5.89 Å². The topological polar surface area (TPSA) is 103 Å². The molecular weight excluding hydrogens is 330 g/mol. The Morgan fingerprint density at radius 2 is 2.17 bits per heavy atom. The van der Waals surface area contributed by atoms with E-state index in [1.165, 1.54) is 0 Å². The van der Waals surface area contributed by atoms with Gasteiger partial charge in [0.05, 0.1) is 5.25 Å². The molecule has 0 unspecified atom stereocenters. The molecule has 0 atom stereocenters. The predicted octanol–water partition coefficient (Wildman–Crippen LogP) is 2.04. The summed E-state index contributed by atoms with van der Waals surface area (Å²) in [5, 5.41) is 3.65. The number of hydrogen-bond acceptors (Lipinski definition) is 6. The summed E-state index contributed by atoms with van der Waals surface area (Å²) in [4.78, 5) is 8.50. The molecule has 0 radical (unpaired) electrons. The number of aromatic nitrogens is 4. The zero-order valence-electron chi connectivity index (χ0n) is 12.9. The van der Waals surface area contributed by atoms with Gasteiger partial charge < -0.3 is 9.09 Å². The average Bonchev–Trinajstić information content (AvgIpc) is 3.17. The molecule has 0 aliphatic heterocycles. The molecule has 9 heteroatoms. The summed E-state index contributed by atoms with van der Waals surface area (Å²) in [6.45, 7) is 0. The van der Waals surface area contributed by atoms with E-state index in [1.807, 2.05) is 7.05 Å². The van der Waals surface area contributed by atoms with Crippen molar-refractivity contribution in [1.29, 1.82) is 0 Å². The Balaban J connectivity index is 1.62. The summed E-state index contributed by atoms with van der Waals surface area (Å²) in [7, 11) is -1.47. The van der Waals surface area contributed by atoms with Crippen molar-refractivity contribution < 1.29 is 12.9 Å². The average molecular weight is 345 g/mol. The smallest absolute Gasteiger partial charge is 0.258 e. The largest absolute Gasteiger partial charge is 0.333 e. The van der Waals surface area contributed by atoms with Gasteiger partial charge in [-0.1, -0.05) is 11.2 Å². The molecule has 0 bridgehead atoms. The molecular formula is C15H15N5O3S. The highest BCUT2D eigenvalue weighted by Gasteiger charge is 2.35. The molecule has 0 saturated heterocycles. The van der Waals surface area contributed by atoms with Gasteiger partial charge in [0.2, 0.25) is 15.8 Å². The SMILES string of the molecule is Cn1ccnc1-c1noc(-c2cccc(NS(=O)(=O)C3CC3)c2)n1. The van der Waals surface area contributed by atoms with Crippen LogP contribution < -0.4 is 4.72 Å². The van der Waals surface area contributed by atoms with Gasteiger partial charge in [-0.25, -0.2) is 13.4 Å². The van der Waals surface area contributed by atoms with Crippen LogP contribution in [0.3, 0.4) is 0 Å². The fourth-order valence-corrected chi connectivity index (χ4v) is 3.73. The summed E-state index contributed by atoms with van der Waals surface area (Å²) >= 11 is 0. The molecule has 0 amide bonds. The van der Waals surface area contributed by atoms with Gasteiger partial charge in [0.15, 0.2) is 5.82 Å². The van der Waals surface area contributed by atoms with Crippen LogP contribution in [0.5, 0.6) is 0 Å². The monoisotopic (exact) mass is 345 g/mol. The molecule has 8 nitrogen and oxygen atoms in total. The summed E-state index contributed by atoms with van der Waals surface area (Å²) in [5.41, 5.74) is 1.12. The molecule has 3 aromatic rings. The van der Waals surface area contributed by atoms with Crippen molar-refractivity contribution in [2.75, 3.05) is 4.72 Å². The predicted molar refractivity (Wildman–Crippen MR) is 87.5 cm³/mol. The van der Waals surface area contributed by atoms with Gasteiger partial charge in [-0.05, 0) is 31.0 Å². The molecule has 1 saturated carbocycles. The molecule has 1 fully saturated rings. The molecule has 1 aliphatic carbocycles. The molecule has 124 valence electrons. The number of hydrogen-bond donors (Lipinski definition) is 1. The Kier molecular flexibility index (Phi) is 3.38. The van der Waals surface area contributed by atoms with Crippen LogP contribution >= 0.6 is 0 Å². The van der Waals surface area contributed by atoms with E-state index in [-0.39, 0.29) is 5.25 Å². The van der Waals surface area contributed by atoms with Crippen molar-refractivity contribution in [3.05, 3.63) is 36.7 Å². The van der Waals surface area contributed by atoms with E-state index in [2.05, 4.69) is 19.8 Å². The molecule has 1 N–H and O–H groups in total. The minimum atomic E-state index is -3.30. The van der Waals surface area contributed by atoms with Gasteiger partial charge in [-0.2, -0.15) is 4.98 Å². The summed E-state index contributed by atoms with van der Waals surface area (Å²) < 4.78 is 33.7.